The van der Waals surface area contributed by atoms with Crippen LogP contribution in [0.5, 0.6) is 5.88 Å². The van der Waals surface area contributed by atoms with Crippen LogP contribution in [0.25, 0.3) is 11.4 Å². The minimum atomic E-state index is -0.566. The molecule has 4 rings (SSSR count). The highest BCUT2D eigenvalue weighted by atomic mass is 35.5. The molecule has 1 aliphatic heterocycles. The molecule has 30 heavy (non-hydrogen) atoms. The summed E-state index contributed by atoms with van der Waals surface area (Å²) in [5.74, 6) is 0.000198. The van der Waals surface area contributed by atoms with Gasteiger partial charge < -0.3 is 14.4 Å². The van der Waals surface area contributed by atoms with E-state index in [0.29, 0.717) is 11.4 Å². The van der Waals surface area contributed by atoms with Crippen molar-refractivity contribution in [3.05, 3.63) is 64.9 Å². The molecule has 1 aromatic heterocycles. The highest BCUT2D eigenvalue weighted by molar-refractivity contribution is 6.30. The van der Waals surface area contributed by atoms with Gasteiger partial charge in [-0.1, -0.05) is 29.8 Å². The summed E-state index contributed by atoms with van der Waals surface area (Å²) in [6, 6.07) is 14.1. The summed E-state index contributed by atoms with van der Waals surface area (Å²) < 4.78 is 24.5. The number of hydrogen-bond donors (Lipinski definition) is 0. The van der Waals surface area contributed by atoms with Crippen molar-refractivity contribution in [3.8, 4) is 17.3 Å². The number of anilines is 2. The zero-order valence-electron chi connectivity index (χ0n) is 16.3. The molecule has 0 aliphatic carbocycles. The van der Waals surface area contributed by atoms with Crippen LogP contribution in [0, 0.1) is 5.82 Å². The number of ether oxygens (including phenoxy) is 2. The number of para-hydroxylation sites is 1. The van der Waals surface area contributed by atoms with Gasteiger partial charge >= 0.3 is 5.97 Å². The van der Waals surface area contributed by atoms with E-state index in [-0.39, 0.29) is 29.9 Å². The van der Waals surface area contributed by atoms with E-state index in [1.54, 1.807) is 19.1 Å². The molecule has 154 valence electrons. The molecule has 0 atom stereocenters. The highest BCUT2D eigenvalue weighted by Gasteiger charge is 2.23. The van der Waals surface area contributed by atoms with Crippen molar-refractivity contribution in [2.24, 2.45) is 0 Å². The molecule has 0 spiro atoms. The number of carbonyl (C=O) groups is 1. The number of aromatic nitrogens is 2. The molecule has 0 fully saturated rings. The van der Waals surface area contributed by atoms with Gasteiger partial charge in [0.1, 0.15) is 11.6 Å². The molecular formula is C22H19ClFN3O3. The lowest BCUT2D eigenvalue weighted by Crippen LogP contribution is -2.18. The predicted molar refractivity (Wildman–Crippen MR) is 112 cm³/mol. The molecule has 0 saturated heterocycles. The molecule has 0 radical (unpaired) electrons. The Balaban J connectivity index is 1.72. The largest absolute Gasteiger partial charge is 0.466 e. The van der Waals surface area contributed by atoms with Crippen LogP contribution in [0.4, 0.5) is 15.9 Å². The molecule has 0 N–H and O–H groups in total. The maximum Gasteiger partial charge on any atom is 0.344 e. The van der Waals surface area contributed by atoms with Crippen LogP contribution in [0.3, 0.4) is 0 Å². The third-order valence-corrected chi connectivity index (χ3v) is 4.98. The fourth-order valence-electron chi connectivity index (χ4n) is 3.30. The number of esters is 1. The van der Waals surface area contributed by atoms with Gasteiger partial charge in [-0.05, 0) is 43.2 Å². The van der Waals surface area contributed by atoms with Crippen LogP contribution < -0.4 is 9.64 Å². The normalized spacial score (nSPS) is 12.6. The van der Waals surface area contributed by atoms with E-state index in [4.69, 9.17) is 21.1 Å². The van der Waals surface area contributed by atoms with Crippen molar-refractivity contribution < 1.29 is 18.7 Å². The molecule has 0 amide bonds. The number of carbonyl (C=O) groups excluding carboxylic acids is 1. The van der Waals surface area contributed by atoms with Crippen LogP contribution in [0.2, 0.25) is 5.02 Å². The van der Waals surface area contributed by atoms with Gasteiger partial charge in [0, 0.05) is 23.9 Å². The van der Waals surface area contributed by atoms with Gasteiger partial charge in [-0.25, -0.2) is 14.2 Å². The molecule has 1 aliphatic rings. The molecule has 0 bridgehead atoms. The lowest BCUT2D eigenvalue weighted by molar-refractivity contribution is -0.145. The van der Waals surface area contributed by atoms with Crippen molar-refractivity contribution in [2.75, 3.05) is 24.7 Å². The van der Waals surface area contributed by atoms with Gasteiger partial charge in [0.15, 0.2) is 12.4 Å². The van der Waals surface area contributed by atoms with Gasteiger partial charge in [-0.2, -0.15) is 4.98 Å². The fraction of sp³-hybridized carbons (Fsp3) is 0.227. The maximum absolute atomic E-state index is 14.0. The summed E-state index contributed by atoms with van der Waals surface area (Å²) >= 11 is 5.80. The lowest BCUT2D eigenvalue weighted by atomic mass is 10.2. The van der Waals surface area contributed by atoms with Crippen LogP contribution >= 0.6 is 11.6 Å². The first-order valence-corrected chi connectivity index (χ1v) is 9.91. The summed E-state index contributed by atoms with van der Waals surface area (Å²) in [6.07, 6.45) is 0.879. The molecule has 2 heterocycles. The highest BCUT2D eigenvalue weighted by Crippen LogP contribution is 2.35. The average molecular weight is 428 g/mol. The number of fused-ring (bicyclic) bond motifs is 1. The fourth-order valence-corrected chi connectivity index (χ4v) is 3.42. The second-order valence-electron chi connectivity index (χ2n) is 6.64. The second-order valence-corrected chi connectivity index (χ2v) is 7.05. The molecule has 0 unspecified atom stereocenters. The maximum atomic E-state index is 14.0. The van der Waals surface area contributed by atoms with Gasteiger partial charge in [-0.3, -0.25) is 0 Å². The number of hydrogen-bond acceptors (Lipinski definition) is 6. The topological polar surface area (TPSA) is 64.6 Å². The molecule has 8 heteroatoms. The third kappa shape index (κ3) is 4.21. The summed E-state index contributed by atoms with van der Waals surface area (Å²) in [4.78, 5) is 22.7. The van der Waals surface area contributed by atoms with E-state index in [9.17, 15) is 9.18 Å². The Morgan fingerprint density at radius 3 is 2.83 bits per heavy atom. The summed E-state index contributed by atoms with van der Waals surface area (Å²) in [5, 5.41) is 0.0159. The summed E-state index contributed by atoms with van der Waals surface area (Å²) in [5.41, 5.74) is 2.71. The van der Waals surface area contributed by atoms with Crippen LogP contribution in [0.15, 0.2) is 48.5 Å². The van der Waals surface area contributed by atoms with Gasteiger partial charge in [0.25, 0.3) is 0 Å². The number of nitrogens with zero attached hydrogens (tertiary/aromatic N) is 3. The smallest absolute Gasteiger partial charge is 0.344 e. The van der Waals surface area contributed by atoms with E-state index in [2.05, 4.69) is 16.0 Å². The van der Waals surface area contributed by atoms with Gasteiger partial charge in [0.05, 0.1) is 11.6 Å². The number of halogens is 2. The first kappa shape index (κ1) is 20.1. The SMILES string of the molecule is CCOC(=O)COc1cc(N2CCc3ccccc32)nc(-c2ccc(Cl)c(F)c2)n1. The first-order chi connectivity index (χ1) is 14.5. The lowest BCUT2D eigenvalue weighted by Gasteiger charge is -2.20. The van der Waals surface area contributed by atoms with Crippen molar-refractivity contribution in [2.45, 2.75) is 13.3 Å². The monoisotopic (exact) mass is 427 g/mol. The number of benzene rings is 2. The second kappa shape index (κ2) is 8.67. The molecule has 6 nitrogen and oxygen atoms in total. The third-order valence-electron chi connectivity index (χ3n) is 4.67. The van der Waals surface area contributed by atoms with Crippen molar-refractivity contribution in [3.63, 3.8) is 0 Å². The van der Waals surface area contributed by atoms with E-state index in [0.717, 1.165) is 18.7 Å². The predicted octanol–water partition coefficient (Wildman–Crippen LogP) is 4.57. The van der Waals surface area contributed by atoms with Crippen molar-refractivity contribution in [1.82, 2.24) is 9.97 Å². The van der Waals surface area contributed by atoms with E-state index < -0.39 is 11.8 Å². The van der Waals surface area contributed by atoms with E-state index >= 15 is 0 Å². The Bertz CT molecular complexity index is 1090. The zero-order chi connectivity index (χ0) is 21.1. The Kier molecular flexibility index (Phi) is 5.81. The molecular weight excluding hydrogens is 409 g/mol. The summed E-state index contributed by atoms with van der Waals surface area (Å²) in [7, 11) is 0. The van der Waals surface area contributed by atoms with Crippen LogP contribution in [0.1, 0.15) is 12.5 Å². The minimum absolute atomic E-state index is 0.0159. The molecule has 2 aromatic carbocycles. The van der Waals surface area contributed by atoms with Gasteiger partial charge in [0.2, 0.25) is 5.88 Å². The first-order valence-electron chi connectivity index (χ1n) is 9.53. The Hall–Kier alpha value is -3.19. The molecule has 0 saturated carbocycles. The molecule has 3 aromatic rings. The van der Waals surface area contributed by atoms with Gasteiger partial charge in [-0.15, -0.1) is 0 Å². The van der Waals surface area contributed by atoms with E-state index in [1.807, 2.05) is 23.1 Å². The summed E-state index contributed by atoms with van der Waals surface area (Å²) in [6.45, 7) is 2.44. The van der Waals surface area contributed by atoms with Crippen molar-refractivity contribution >= 4 is 29.1 Å². The van der Waals surface area contributed by atoms with Crippen LogP contribution in [-0.2, 0) is 16.0 Å². The Labute approximate surface area is 178 Å². The number of rotatable bonds is 6. The minimum Gasteiger partial charge on any atom is -0.466 e. The van der Waals surface area contributed by atoms with E-state index in [1.165, 1.54) is 17.7 Å². The van der Waals surface area contributed by atoms with Crippen molar-refractivity contribution in [1.29, 1.82) is 0 Å². The Morgan fingerprint density at radius 1 is 1.20 bits per heavy atom. The zero-order valence-corrected chi connectivity index (χ0v) is 17.0. The average Bonchev–Trinajstić information content (AvgIpc) is 3.18. The quantitative estimate of drug-likeness (QED) is 0.537. The standard InChI is InChI=1S/C22H19ClFN3O3/c1-2-29-21(28)13-30-20-12-19(27-10-9-14-5-3-4-6-18(14)27)25-22(26-20)15-7-8-16(23)17(24)11-15/h3-8,11-12H,2,9-10,13H2,1H3. The Morgan fingerprint density at radius 2 is 2.03 bits per heavy atom. The van der Waals surface area contributed by atoms with Crippen LogP contribution in [-0.4, -0.2) is 35.7 Å².